The summed E-state index contributed by atoms with van der Waals surface area (Å²) in [4.78, 5) is 12.8. The average molecular weight is 452 g/mol. The number of thioether (sulfide) groups is 1. The number of para-hydroxylation sites is 2. The van der Waals surface area contributed by atoms with E-state index in [2.05, 4.69) is 10.2 Å². The van der Waals surface area contributed by atoms with E-state index in [1.54, 1.807) is 38.5 Å². The van der Waals surface area contributed by atoms with Crippen molar-refractivity contribution >= 4 is 28.9 Å². The summed E-state index contributed by atoms with van der Waals surface area (Å²) >= 11 is 3.14. The fourth-order valence-electron chi connectivity index (χ4n) is 3.21. The molecule has 6 nitrogen and oxygen atoms in total. The molecule has 0 saturated heterocycles. The highest BCUT2D eigenvalue weighted by molar-refractivity contribution is 7.98. The molecule has 0 aliphatic rings. The molecule has 0 unspecified atom stereocenters. The van der Waals surface area contributed by atoms with Crippen molar-refractivity contribution in [3.8, 4) is 27.9 Å². The summed E-state index contributed by atoms with van der Waals surface area (Å²) in [5.41, 5.74) is 2.44. The normalized spacial score (nSPS) is 10.8. The van der Waals surface area contributed by atoms with E-state index in [0.29, 0.717) is 11.3 Å². The maximum absolute atomic E-state index is 11.8. The number of carbonyl (C=O) groups excluding carboxylic acids is 1. The molecule has 8 heteroatoms. The van der Waals surface area contributed by atoms with Gasteiger partial charge >= 0.3 is 0 Å². The number of ether oxygens (including phenoxy) is 2. The van der Waals surface area contributed by atoms with Gasteiger partial charge in [-0.25, -0.2) is 0 Å². The number of carbonyl (C=O) groups is 1. The number of thiophene rings is 1. The Morgan fingerprint density at radius 1 is 1.03 bits per heavy atom. The van der Waals surface area contributed by atoms with Gasteiger partial charge in [0.2, 0.25) is 0 Å². The van der Waals surface area contributed by atoms with E-state index in [4.69, 9.17) is 9.47 Å². The summed E-state index contributed by atoms with van der Waals surface area (Å²) in [5.74, 6) is 2.82. The maximum Gasteiger partial charge on any atom is 0.196 e. The van der Waals surface area contributed by atoms with Crippen molar-refractivity contribution < 1.29 is 14.3 Å². The molecule has 0 bridgehead atoms. The standard InChI is InChI=1S/C23H21N3O3S2/c1-15(27)16-10-11-19(28-2)17(13-16)14-31-23-25-24-22(21-9-6-12-30-21)26(23)18-7-4-5-8-20(18)29-3/h4-13H,14H2,1-3H3. The van der Waals surface area contributed by atoms with Gasteiger partial charge in [0.1, 0.15) is 11.5 Å². The SMILES string of the molecule is COc1ccc(C(C)=O)cc1CSc1nnc(-c2cccs2)n1-c1ccccc1OC. The van der Waals surface area contributed by atoms with Crippen molar-refractivity contribution in [2.24, 2.45) is 0 Å². The van der Waals surface area contributed by atoms with Crippen molar-refractivity contribution in [2.75, 3.05) is 14.2 Å². The van der Waals surface area contributed by atoms with Crippen LogP contribution in [-0.4, -0.2) is 34.8 Å². The van der Waals surface area contributed by atoms with E-state index in [1.807, 2.05) is 58.5 Å². The smallest absolute Gasteiger partial charge is 0.196 e. The van der Waals surface area contributed by atoms with Crippen molar-refractivity contribution in [1.29, 1.82) is 0 Å². The fraction of sp³-hybridized carbons (Fsp3) is 0.174. The van der Waals surface area contributed by atoms with Crippen LogP contribution >= 0.6 is 23.1 Å². The van der Waals surface area contributed by atoms with Crippen LogP contribution < -0.4 is 9.47 Å². The van der Waals surface area contributed by atoms with Crippen LogP contribution in [-0.2, 0) is 5.75 Å². The highest BCUT2D eigenvalue weighted by atomic mass is 32.2. The van der Waals surface area contributed by atoms with Gasteiger partial charge in [-0.05, 0) is 48.7 Å². The van der Waals surface area contributed by atoms with E-state index in [0.717, 1.165) is 38.6 Å². The Balaban J connectivity index is 1.75. The summed E-state index contributed by atoms with van der Waals surface area (Å²) in [6.45, 7) is 1.56. The third kappa shape index (κ3) is 4.35. The molecule has 0 aliphatic carbocycles. The second kappa shape index (κ2) is 9.36. The predicted molar refractivity (Wildman–Crippen MR) is 124 cm³/mol. The molecule has 2 heterocycles. The molecule has 31 heavy (non-hydrogen) atoms. The van der Waals surface area contributed by atoms with Crippen LogP contribution in [0.4, 0.5) is 0 Å². The zero-order valence-electron chi connectivity index (χ0n) is 17.4. The predicted octanol–water partition coefficient (Wildman–Crippen LogP) is 5.51. The molecule has 4 rings (SSSR count). The summed E-state index contributed by atoms with van der Waals surface area (Å²) in [6.07, 6.45) is 0. The van der Waals surface area contributed by atoms with Crippen LogP contribution in [0.3, 0.4) is 0 Å². The molecule has 0 atom stereocenters. The fourth-order valence-corrected chi connectivity index (χ4v) is 4.83. The van der Waals surface area contributed by atoms with Crippen LogP contribution in [0.1, 0.15) is 22.8 Å². The number of benzene rings is 2. The quantitative estimate of drug-likeness (QED) is 0.260. The number of rotatable bonds is 8. The third-order valence-electron chi connectivity index (χ3n) is 4.74. The lowest BCUT2D eigenvalue weighted by Gasteiger charge is -2.14. The molecule has 0 spiro atoms. The van der Waals surface area contributed by atoms with Gasteiger partial charge < -0.3 is 9.47 Å². The molecule has 0 radical (unpaired) electrons. The topological polar surface area (TPSA) is 66.2 Å². The summed E-state index contributed by atoms with van der Waals surface area (Å²) < 4.78 is 13.1. The lowest BCUT2D eigenvalue weighted by molar-refractivity contribution is 0.101. The van der Waals surface area contributed by atoms with Crippen LogP contribution in [0.15, 0.2) is 65.1 Å². The Kier molecular flexibility index (Phi) is 6.39. The Morgan fingerprint density at radius 2 is 1.84 bits per heavy atom. The van der Waals surface area contributed by atoms with E-state index >= 15 is 0 Å². The van der Waals surface area contributed by atoms with Gasteiger partial charge in [-0.1, -0.05) is 30.0 Å². The first-order chi connectivity index (χ1) is 15.1. The van der Waals surface area contributed by atoms with Crippen LogP contribution in [0.5, 0.6) is 11.5 Å². The molecule has 0 amide bonds. The summed E-state index contributed by atoms with van der Waals surface area (Å²) in [5, 5.41) is 11.7. The van der Waals surface area contributed by atoms with Crippen LogP contribution in [0.25, 0.3) is 16.4 Å². The average Bonchev–Trinajstić information content (AvgIpc) is 3.47. The number of nitrogens with zero attached hydrogens (tertiary/aromatic N) is 3. The number of hydrogen-bond acceptors (Lipinski definition) is 7. The van der Waals surface area contributed by atoms with Gasteiger partial charge in [0.15, 0.2) is 16.8 Å². The van der Waals surface area contributed by atoms with E-state index < -0.39 is 0 Å². The molecule has 158 valence electrons. The first-order valence-electron chi connectivity index (χ1n) is 9.55. The minimum Gasteiger partial charge on any atom is -0.496 e. The maximum atomic E-state index is 11.8. The van der Waals surface area contributed by atoms with Crippen LogP contribution in [0, 0.1) is 0 Å². The molecule has 2 aromatic carbocycles. The van der Waals surface area contributed by atoms with Crippen molar-refractivity contribution in [3.63, 3.8) is 0 Å². The molecule has 0 aliphatic heterocycles. The second-order valence-corrected chi connectivity index (χ2v) is 8.55. The number of hydrogen-bond donors (Lipinski definition) is 0. The van der Waals surface area contributed by atoms with Crippen molar-refractivity contribution in [3.05, 3.63) is 71.1 Å². The molecule has 0 N–H and O–H groups in total. The van der Waals surface area contributed by atoms with Gasteiger partial charge in [-0.15, -0.1) is 21.5 Å². The third-order valence-corrected chi connectivity index (χ3v) is 6.59. The Labute approximate surface area is 188 Å². The molecule has 0 fully saturated rings. The van der Waals surface area contributed by atoms with Gasteiger partial charge in [-0.2, -0.15) is 0 Å². The monoisotopic (exact) mass is 451 g/mol. The van der Waals surface area contributed by atoms with Crippen LogP contribution in [0.2, 0.25) is 0 Å². The second-order valence-electron chi connectivity index (χ2n) is 6.66. The van der Waals surface area contributed by atoms with Gasteiger partial charge in [0, 0.05) is 16.9 Å². The first-order valence-corrected chi connectivity index (χ1v) is 11.4. The van der Waals surface area contributed by atoms with Gasteiger partial charge in [0.05, 0.1) is 24.8 Å². The number of ketones is 1. The van der Waals surface area contributed by atoms with Crippen molar-refractivity contribution in [2.45, 2.75) is 17.8 Å². The Morgan fingerprint density at radius 3 is 2.55 bits per heavy atom. The zero-order chi connectivity index (χ0) is 21.8. The molecule has 4 aromatic rings. The molecule has 2 aromatic heterocycles. The molecule has 0 saturated carbocycles. The number of Topliss-reactive ketones (excluding diaryl/α,β-unsaturated/α-hetero) is 1. The lowest BCUT2D eigenvalue weighted by Crippen LogP contribution is -2.02. The molecular formula is C23H21N3O3S2. The van der Waals surface area contributed by atoms with E-state index in [9.17, 15) is 4.79 Å². The lowest BCUT2D eigenvalue weighted by atomic mass is 10.1. The Hall–Kier alpha value is -3.10. The molecular weight excluding hydrogens is 430 g/mol. The Bertz CT molecular complexity index is 1200. The minimum absolute atomic E-state index is 0.0195. The number of methoxy groups -OCH3 is 2. The number of aromatic nitrogens is 3. The van der Waals surface area contributed by atoms with E-state index in [1.165, 1.54) is 11.8 Å². The minimum atomic E-state index is 0.0195. The van der Waals surface area contributed by atoms with Gasteiger partial charge in [0.25, 0.3) is 0 Å². The first kappa shape index (κ1) is 21.1. The summed E-state index contributed by atoms with van der Waals surface area (Å²) in [7, 11) is 3.28. The highest BCUT2D eigenvalue weighted by Gasteiger charge is 2.20. The van der Waals surface area contributed by atoms with E-state index in [-0.39, 0.29) is 5.78 Å². The highest BCUT2D eigenvalue weighted by Crippen LogP contribution is 2.36. The zero-order valence-corrected chi connectivity index (χ0v) is 19.0. The van der Waals surface area contributed by atoms with Gasteiger partial charge in [-0.3, -0.25) is 9.36 Å². The largest absolute Gasteiger partial charge is 0.496 e. The van der Waals surface area contributed by atoms with Crippen molar-refractivity contribution in [1.82, 2.24) is 14.8 Å². The summed E-state index contributed by atoms with van der Waals surface area (Å²) in [6, 6.07) is 17.3.